The van der Waals surface area contributed by atoms with Crippen LogP contribution < -0.4 is 16.4 Å². The van der Waals surface area contributed by atoms with E-state index in [-0.39, 0.29) is 61.5 Å². The third-order valence-electron chi connectivity index (χ3n) is 13.0. The van der Waals surface area contributed by atoms with E-state index in [2.05, 4.69) is 16.7 Å². The maximum atomic E-state index is 13.1. The lowest BCUT2D eigenvalue weighted by Crippen LogP contribution is -2.51. The van der Waals surface area contributed by atoms with Crippen LogP contribution in [0, 0.1) is 46.8 Å². The summed E-state index contributed by atoms with van der Waals surface area (Å²) >= 11 is 0. The number of carbonyl (C=O) groups excluding carboxylic acids is 5. The molecule has 0 aromatic heterocycles. The zero-order chi connectivity index (χ0) is 39.4. The first-order valence-electron chi connectivity index (χ1n) is 20.8. The quantitative estimate of drug-likeness (QED) is 0.161. The van der Waals surface area contributed by atoms with Gasteiger partial charge in [0.1, 0.15) is 11.1 Å². The van der Waals surface area contributed by atoms with Crippen molar-refractivity contribution in [2.75, 3.05) is 65.8 Å². The molecule has 15 nitrogen and oxygen atoms in total. The van der Waals surface area contributed by atoms with Crippen LogP contribution in [-0.2, 0) is 33.4 Å². The van der Waals surface area contributed by atoms with Gasteiger partial charge in [0.25, 0.3) is 0 Å². The lowest BCUT2D eigenvalue weighted by atomic mass is 9.81. The number of nitrogens with one attached hydrogen (secondary N) is 2. The molecule has 2 saturated heterocycles. The van der Waals surface area contributed by atoms with Crippen LogP contribution in [0.15, 0.2) is 0 Å². The number of nitriles is 1. The minimum absolute atomic E-state index is 0.00484. The Bertz CT molecular complexity index is 1370. The predicted octanol–water partition coefficient (Wildman–Crippen LogP) is 1.39. The van der Waals surface area contributed by atoms with Crippen molar-refractivity contribution in [2.24, 2.45) is 41.2 Å². The Hall–Kier alpha value is -3.32. The van der Waals surface area contributed by atoms with Gasteiger partial charge < -0.3 is 45.9 Å². The molecule has 6 N–H and O–H groups in total. The van der Waals surface area contributed by atoms with Crippen molar-refractivity contribution >= 4 is 29.5 Å². The van der Waals surface area contributed by atoms with Crippen LogP contribution in [0.3, 0.4) is 0 Å². The summed E-state index contributed by atoms with van der Waals surface area (Å²) in [6.07, 6.45) is 14.1. The number of hydrogen-bond acceptors (Lipinski definition) is 10. The molecular formula is C40H64N6O9. The number of morpholine rings is 2. The molecule has 0 spiro atoms. The molecule has 6 rings (SSSR count). The van der Waals surface area contributed by atoms with Crippen LogP contribution >= 0.6 is 0 Å². The molecule has 0 aromatic rings. The number of primary amides is 1. The van der Waals surface area contributed by atoms with Crippen molar-refractivity contribution in [1.29, 1.82) is 5.26 Å². The maximum absolute atomic E-state index is 13.1. The molecule has 4 aliphatic carbocycles. The number of rotatable bonds is 15. The molecule has 6 atom stereocenters. The monoisotopic (exact) mass is 772 g/mol. The second-order valence-corrected chi connectivity index (χ2v) is 16.8. The highest BCUT2D eigenvalue weighted by Gasteiger charge is 2.60. The third-order valence-corrected chi connectivity index (χ3v) is 13.0. The second kappa shape index (κ2) is 20.2. The van der Waals surface area contributed by atoms with E-state index in [4.69, 9.17) is 15.2 Å². The largest absolute Gasteiger partial charge is 0.396 e. The summed E-state index contributed by atoms with van der Waals surface area (Å²) in [4.78, 5) is 66.9. The molecule has 6 aliphatic rings. The molecule has 2 unspecified atom stereocenters. The van der Waals surface area contributed by atoms with Crippen molar-refractivity contribution in [2.45, 2.75) is 114 Å². The average molecular weight is 773 g/mol. The van der Waals surface area contributed by atoms with Crippen molar-refractivity contribution in [1.82, 2.24) is 20.4 Å². The van der Waals surface area contributed by atoms with Crippen LogP contribution in [-0.4, -0.2) is 126 Å². The van der Waals surface area contributed by atoms with Gasteiger partial charge in [0.05, 0.1) is 32.5 Å². The molecule has 5 amide bonds. The molecule has 55 heavy (non-hydrogen) atoms. The molecule has 6 fully saturated rings. The van der Waals surface area contributed by atoms with Gasteiger partial charge in [-0.05, 0) is 37.5 Å². The van der Waals surface area contributed by atoms with Crippen molar-refractivity contribution in [3.63, 3.8) is 0 Å². The van der Waals surface area contributed by atoms with Gasteiger partial charge in [-0.3, -0.25) is 24.0 Å². The highest BCUT2D eigenvalue weighted by Crippen LogP contribution is 2.44. The molecule has 0 bridgehead atoms. The Morgan fingerprint density at radius 2 is 1.13 bits per heavy atom. The first kappa shape index (κ1) is 42.8. The van der Waals surface area contributed by atoms with Gasteiger partial charge in [0, 0.05) is 75.9 Å². The normalized spacial score (nSPS) is 29.4. The van der Waals surface area contributed by atoms with Crippen LogP contribution in [0.5, 0.6) is 0 Å². The standard InChI is InChI=1S/C20H33N3O5.C20H31N3O4/c21-19(27)20(12-16(20)13-24)22-18(26)15(10-14-4-2-1-3-5-14)11-17(25)23-6-8-28-9-7-23;21-14-20(12-17(20)13-24)22-19(26)16(10-15-4-2-1-3-5-15)11-18(25)23-6-8-27-9-7-23/h14-16,24H,1-13H2,(H2,21,27)(H,22,26);15-17,24H,1-13H2,(H,22,26)/t15-,16+,20?;16-,17+,20?/m11/s1. The summed E-state index contributed by atoms with van der Waals surface area (Å²) in [7, 11) is 0. The molecule has 2 heterocycles. The Morgan fingerprint density at radius 3 is 1.49 bits per heavy atom. The summed E-state index contributed by atoms with van der Waals surface area (Å²) in [5.41, 5.74) is 3.40. The smallest absolute Gasteiger partial charge is 0.243 e. The van der Waals surface area contributed by atoms with Gasteiger partial charge in [-0.1, -0.05) is 64.2 Å². The summed E-state index contributed by atoms with van der Waals surface area (Å²) in [6.45, 7) is 4.08. The Kier molecular flexibility index (Phi) is 15.7. The SMILES string of the molecule is N#CC1(NC(=O)[C@@H](CC(=O)N2CCOCC2)CC2CCCCC2)C[C@H]1CO.NC(=O)C1(NC(=O)[C@@H](CC(=O)N2CCOCC2)CC2CCCCC2)C[C@H]1CO. The number of amides is 5. The summed E-state index contributed by atoms with van der Waals surface area (Å²) in [5.74, 6) is -1.68. The van der Waals surface area contributed by atoms with Crippen LogP contribution in [0.2, 0.25) is 0 Å². The number of aliphatic hydroxyl groups is 2. The lowest BCUT2D eigenvalue weighted by molar-refractivity contribution is -0.140. The van der Waals surface area contributed by atoms with Crippen molar-refractivity contribution in [3.8, 4) is 6.07 Å². The van der Waals surface area contributed by atoms with Gasteiger partial charge in [-0.2, -0.15) is 5.26 Å². The van der Waals surface area contributed by atoms with Crippen LogP contribution in [0.25, 0.3) is 0 Å². The molecule has 4 saturated carbocycles. The number of aliphatic hydroxyl groups excluding tert-OH is 2. The van der Waals surface area contributed by atoms with Gasteiger partial charge in [0.2, 0.25) is 29.5 Å². The van der Waals surface area contributed by atoms with Gasteiger partial charge >= 0.3 is 0 Å². The van der Waals surface area contributed by atoms with Crippen LogP contribution in [0.1, 0.15) is 103 Å². The van der Waals surface area contributed by atoms with Crippen LogP contribution in [0.4, 0.5) is 0 Å². The van der Waals surface area contributed by atoms with E-state index in [0.717, 1.165) is 38.5 Å². The number of nitrogens with zero attached hydrogens (tertiary/aromatic N) is 3. The number of hydrogen-bond donors (Lipinski definition) is 5. The van der Waals surface area contributed by atoms with Gasteiger partial charge in [0.15, 0.2) is 0 Å². The van der Waals surface area contributed by atoms with Crippen molar-refractivity contribution < 1.29 is 43.7 Å². The van der Waals surface area contributed by atoms with E-state index in [1.807, 2.05) is 0 Å². The molecule has 2 aliphatic heterocycles. The predicted molar refractivity (Wildman–Crippen MR) is 200 cm³/mol. The Morgan fingerprint density at radius 1 is 0.691 bits per heavy atom. The first-order valence-corrected chi connectivity index (χ1v) is 20.8. The Labute approximate surface area is 325 Å². The highest BCUT2D eigenvalue weighted by atomic mass is 16.5. The zero-order valence-electron chi connectivity index (χ0n) is 32.5. The third kappa shape index (κ3) is 11.6. The molecular weight excluding hydrogens is 708 g/mol. The van der Waals surface area contributed by atoms with E-state index in [1.165, 1.54) is 25.7 Å². The number of nitrogens with two attached hydrogens (primary N) is 1. The number of ether oxygens (including phenoxy) is 2. The molecule has 15 heteroatoms. The van der Waals surface area contributed by atoms with E-state index in [0.29, 0.717) is 90.1 Å². The minimum Gasteiger partial charge on any atom is -0.396 e. The fourth-order valence-corrected chi connectivity index (χ4v) is 9.10. The highest BCUT2D eigenvalue weighted by molar-refractivity contribution is 5.95. The van der Waals surface area contributed by atoms with E-state index >= 15 is 0 Å². The summed E-state index contributed by atoms with van der Waals surface area (Å²) < 4.78 is 10.6. The summed E-state index contributed by atoms with van der Waals surface area (Å²) in [6, 6.07) is 2.16. The summed E-state index contributed by atoms with van der Waals surface area (Å²) in [5, 5.41) is 33.8. The van der Waals surface area contributed by atoms with Gasteiger partial charge in [-0.15, -0.1) is 0 Å². The fraction of sp³-hybridized carbons (Fsp3) is 0.850. The van der Waals surface area contributed by atoms with E-state index in [9.17, 15) is 39.4 Å². The average Bonchev–Trinajstić information content (AvgIpc) is 4.13. The van der Waals surface area contributed by atoms with E-state index < -0.39 is 28.8 Å². The Balaban J connectivity index is 0.000000211. The van der Waals surface area contributed by atoms with Gasteiger partial charge in [-0.25, -0.2) is 0 Å². The molecule has 308 valence electrons. The second-order valence-electron chi connectivity index (χ2n) is 16.8. The topological polar surface area (TPSA) is 225 Å². The number of carbonyl (C=O) groups is 5. The van der Waals surface area contributed by atoms with Crippen molar-refractivity contribution in [3.05, 3.63) is 0 Å². The zero-order valence-corrected chi connectivity index (χ0v) is 32.5. The maximum Gasteiger partial charge on any atom is 0.243 e. The lowest BCUT2D eigenvalue weighted by Gasteiger charge is -2.30. The minimum atomic E-state index is -1.15. The first-order chi connectivity index (χ1) is 26.5. The molecule has 0 aromatic carbocycles. The molecule has 0 radical (unpaired) electrons. The fourth-order valence-electron chi connectivity index (χ4n) is 9.10. The van der Waals surface area contributed by atoms with E-state index in [1.54, 1.807) is 9.80 Å².